The van der Waals surface area contributed by atoms with Crippen LogP contribution >= 0.6 is 0 Å². The Morgan fingerprint density at radius 1 is 1.38 bits per heavy atom. The molecule has 0 amide bonds. The molecule has 0 heterocycles. The summed E-state index contributed by atoms with van der Waals surface area (Å²) in [6, 6.07) is 8.72. The largest absolute Gasteiger partial charge is 0.493 e. The SMILES string of the molecule is C=CCCOc1ccc(C(CC)NC)cc1. The molecule has 1 unspecified atom stereocenters. The van der Waals surface area contributed by atoms with Crippen LogP contribution in [0, 0.1) is 0 Å². The molecule has 1 N–H and O–H groups in total. The van der Waals surface area contributed by atoms with E-state index in [1.807, 2.05) is 25.3 Å². The Morgan fingerprint density at radius 3 is 2.56 bits per heavy atom. The normalized spacial score (nSPS) is 12.1. The summed E-state index contributed by atoms with van der Waals surface area (Å²) in [5, 5.41) is 3.29. The summed E-state index contributed by atoms with van der Waals surface area (Å²) in [6.45, 7) is 6.54. The maximum absolute atomic E-state index is 5.56. The standard InChI is InChI=1S/C14H21NO/c1-4-6-11-16-13-9-7-12(8-10-13)14(5-2)15-3/h4,7-10,14-15H,1,5-6,11H2,2-3H3. The molecule has 0 spiro atoms. The van der Waals surface area contributed by atoms with Crippen LogP contribution in [0.25, 0.3) is 0 Å². The minimum Gasteiger partial charge on any atom is -0.493 e. The molecule has 1 rings (SSSR count). The Morgan fingerprint density at radius 2 is 2.06 bits per heavy atom. The molecule has 0 saturated heterocycles. The molecule has 0 aliphatic carbocycles. The first-order chi connectivity index (χ1) is 7.81. The molecule has 0 radical (unpaired) electrons. The third-order valence-corrected chi connectivity index (χ3v) is 2.63. The number of nitrogens with one attached hydrogen (secondary N) is 1. The van der Waals surface area contributed by atoms with E-state index in [1.54, 1.807) is 0 Å². The highest BCUT2D eigenvalue weighted by atomic mass is 16.5. The fraction of sp³-hybridized carbons (Fsp3) is 0.429. The molecule has 1 atom stereocenters. The molecule has 0 aliphatic heterocycles. The van der Waals surface area contributed by atoms with Gasteiger partial charge in [0, 0.05) is 6.04 Å². The van der Waals surface area contributed by atoms with Crippen molar-refractivity contribution < 1.29 is 4.74 Å². The summed E-state index contributed by atoms with van der Waals surface area (Å²) < 4.78 is 5.56. The fourth-order valence-corrected chi connectivity index (χ4v) is 1.66. The first kappa shape index (κ1) is 12.8. The van der Waals surface area contributed by atoms with E-state index in [0.29, 0.717) is 12.6 Å². The summed E-state index contributed by atoms with van der Waals surface area (Å²) in [7, 11) is 1.99. The smallest absolute Gasteiger partial charge is 0.119 e. The molecule has 16 heavy (non-hydrogen) atoms. The topological polar surface area (TPSA) is 21.3 Å². The van der Waals surface area contributed by atoms with Gasteiger partial charge in [-0.05, 0) is 37.6 Å². The van der Waals surface area contributed by atoms with E-state index in [0.717, 1.165) is 18.6 Å². The lowest BCUT2D eigenvalue weighted by molar-refractivity contribution is 0.325. The quantitative estimate of drug-likeness (QED) is 0.561. The maximum Gasteiger partial charge on any atom is 0.119 e. The van der Waals surface area contributed by atoms with Crippen molar-refractivity contribution in [2.45, 2.75) is 25.8 Å². The average Bonchev–Trinajstić information content (AvgIpc) is 2.33. The molecule has 0 aliphatic rings. The van der Waals surface area contributed by atoms with Gasteiger partial charge in [0.05, 0.1) is 6.61 Å². The first-order valence-corrected chi connectivity index (χ1v) is 5.82. The maximum atomic E-state index is 5.56. The Balaban J connectivity index is 2.56. The van der Waals surface area contributed by atoms with E-state index >= 15 is 0 Å². The van der Waals surface area contributed by atoms with Gasteiger partial charge in [-0.15, -0.1) is 6.58 Å². The molecular weight excluding hydrogens is 198 g/mol. The number of hydrogen-bond donors (Lipinski definition) is 1. The van der Waals surface area contributed by atoms with Crippen molar-refractivity contribution in [3.05, 3.63) is 42.5 Å². The lowest BCUT2D eigenvalue weighted by atomic mass is 10.1. The molecule has 0 bridgehead atoms. The van der Waals surface area contributed by atoms with Crippen LogP contribution in [0.2, 0.25) is 0 Å². The van der Waals surface area contributed by atoms with E-state index in [-0.39, 0.29) is 0 Å². The fourth-order valence-electron chi connectivity index (χ4n) is 1.66. The minimum absolute atomic E-state index is 0.433. The second-order valence-electron chi connectivity index (χ2n) is 3.74. The van der Waals surface area contributed by atoms with Gasteiger partial charge >= 0.3 is 0 Å². The molecule has 0 fully saturated rings. The molecule has 0 aromatic heterocycles. The molecule has 88 valence electrons. The van der Waals surface area contributed by atoms with Gasteiger partial charge in [-0.3, -0.25) is 0 Å². The zero-order valence-corrected chi connectivity index (χ0v) is 10.2. The van der Waals surface area contributed by atoms with E-state index in [9.17, 15) is 0 Å². The summed E-state index contributed by atoms with van der Waals surface area (Å²) in [5.41, 5.74) is 1.31. The van der Waals surface area contributed by atoms with Crippen LogP contribution in [0.1, 0.15) is 31.4 Å². The number of ether oxygens (including phenoxy) is 1. The van der Waals surface area contributed by atoms with Crippen molar-refractivity contribution in [1.82, 2.24) is 5.32 Å². The third kappa shape index (κ3) is 3.70. The highest BCUT2D eigenvalue weighted by molar-refractivity contribution is 5.29. The van der Waals surface area contributed by atoms with Gasteiger partial charge < -0.3 is 10.1 Å². The molecule has 1 aromatic rings. The Hall–Kier alpha value is -1.28. The lowest BCUT2D eigenvalue weighted by Crippen LogP contribution is -2.14. The van der Waals surface area contributed by atoms with Gasteiger partial charge in [-0.2, -0.15) is 0 Å². The van der Waals surface area contributed by atoms with Gasteiger partial charge in [0.25, 0.3) is 0 Å². The van der Waals surface area contributed by atoms with Crippen molar-refractivity contribution in [3.8, 4) is 5.75 Å². The van der Waals surface area contributed by atoms with Crippen LogP contribution in [0.3, 0.4) is 0 Å². The van der Waals surface area contributed by atoms with Gasteiger partial charge in [0.2, 0.25) is 0 Å². The summed E-state index contributed by atoms with van der Waals surface area (Å²) >= 11 is 0. The third-order valence-electron chi connectivity index (χ3n) is 2.63. The van der Waals surface area contributed by atoms with Crippen LogP contribution in [0.15, 0.2) is 36.9 Å². The van der Waals surface area contributed by atoms with Crippen molar-refractivity contribution in [2.75, 3.05) is 13.7 Å². The lowest BCUT2D eigenvalue weighted by Gasteiger charge is -2.14. The average molecular weight is 219 g/mol. The predicted molar refractivity (Wildman–Crippen MR) is 68.8 cm³/mol. The minimum atomic E-state index is 0.433. The summed E-state index contributed by atoms with van der Waals surface area (Å²) in [5.74, 6) is 0.927. The van der Waals surface area contributed by atoms with E-state index in [1.165, 1.54) is 5.56 Å². The molecule has 2 heteroatoms. The van der Waals surface area contributed by atoms with E-state index in [4.69, 9.17) is 4.74 Å². The zero-order chi connectivity index (χ0) is 11.8. The molecule has 1 aromatic carbocycles. The molecule has 2 nitrogen and oxygen atoms in total. The molecular formula is C14H21NO. The second-order valence-corrected chi connectivity index (χ2v) is 3.74. The van der Waals surface area contributed by atoms with Crippen LogP contribution < -0.4 is 10.1 Å². The zero-order valence-electron chi connectivity index (χ0n) is 10.2. The number of rotatable bonds is 7. The second kappa shape index (κ2) is 7.07. The Bertz CT molecular complexity index is 301. The monoisotopic (exact) mass is 219 g/mol. The highest BCUT2D eigenvalue weighted by Gasteiger charge is 2.05. The highest BCUT2D eigenvalue weighted by Crippen LogP contribution is 2.19. The number of hydrogen-bond acceptors (Lipinski definition) is 2. The van der Waals surface area contributed by atoms with E-state index < -0.39 is 0 Å². The van der Waals surface area contributed by atoms with Crippen LogP contribution in [0.5, 0.6) is 5.75 Å². The van der Waals surface area contributed by atoms with Crippen LogP contribution in [0.4, 0.5) is 0 Å². The van der Waals surface area contributed by atoms with Crippen LogP contribution in [-0.4, -0.2) is 13.7 Å². The number of benzene rings is 1. The van der Waals surface area contributed by atoms with Crippen molar-refractivity contribution >= 4 is 0 Å². The van der Waals surface area contributed by atoms with Gasteiger partial charge in [0.15, 0.2) is 0 Å². The Kier molecular flexibility index (Phi) is 5.65. The van der Waals surface area contributed by atoms with Gasteiger partial charge in [-0.25, -0.2) is 0 Å². The van der Waals surface area contributed by atoms with Crippen molar-refractivity contribution in [1.29, 1.82) is 0 Å². The van der Waals surface area contributed by atoms with Crippen LogP contribution in [-0.2, 0) is 0 Å². The van der Waals surface area contributed by atoms with Crippen molar-refractivity contribution in [3.63, 3.8) is 0 Å². The van der Waals surface area contributed by atoms with Gasteiger partial charge in [0.1, 0.15) is 5.75 Å². The Labute approximate surface area is 98.3 Å². The van der Waals surface area contributed by atoms with E-state index in [2.05, 4.69) is 31.0 Å². The summed E-state index contributed by atoms with van der Waals surface area (Å²) in [6.07, 6.45) is 3.84. The molecule has 0 saturated carbocycles. The first-order valence-electron chi connectivity index (χ1n) is 5.82. The van der Waals surface area contributed by atoms with Gasteiger partial charge in [-0.1, -0.05) is 25.1 Å². The predicted octanol–water partition coefficient (Wildman–Crippen LogP) is 3.31. The van der Waals surface area contributed by atoms with Crippen molar-refractivity contribution in [2.24, 2.45) is 0 Å². The summed E-state index contributed by atoms with van der Waals surface area (Å²) in [4.78, 5) is 0.